The fourth-order valence-electron chi connectivity index (χ4n) is 0.943. The molecule has 0 bridgehead atoms. The zero-order valence-electron chi connectivity index (χ0n) is 6.37. The summed E-state index contributed by atoms with van der Waals surface area (Å²) in [5.41, 5.74) is 0.811. The molecule has 1 aromatic carbocycles. The van der Waals surface area contributed by atoms with Crippen LogP contribution in [0.15, 0.2) is 33.5 Å². The molecule has 1 aromatic heterocycles. The van der Waals surface area contributed by atoms with Crippen molar-refractivity contribution in [2.45, 2.75) is 0 Å². The summed E-state index contributed by atoms with van der Waals surface area (Å²) < 4.78 is 5.16. The van der Waals surface area contributed by atoms with Gasteiger partial charge in [0.25, 0.3) is 4.80 Å². The van der Waals surface area contributed by atoms with Crippen molar-refractivity contribution < 1.29 is 4.42 Å². The molecule has 3 nitrogen and oxygen atoms in total. The summed E-state index contributed by atoms with van der Waals surface area (Å²) in [6.07, 6.45) is 0. The van der Waals surface area contributed by atoms with E-state index < -0.39 is 0 Å². The van der Waals surface area contributed by atoms with E-state index in [4.69, 9.17) is 16.0 Å². The maximum Gasteiger partial charge on any atom is 0.285 e. The number of rotatable bonds is 1. The van der Waals surface area contributed by atoms with Gasteiger partial charge in [-0.25, -0.2) is 0 Å². The highest BCUT2D eigenvalue weighted by Gasteiger charge is 2.05. The number of benzene rings is 1. The van der Waals surface area contributed by atoms with Gasteiger partial charge in [0.15, 0.2) is 0 Å². The summed E-state index contributed by atoms with van der Waals surface area (Å²) in [6, 6.07) is 7.24. The van der Waals surface area contributed by atoms with Crippen LogP contribution in [0.4, 0.5) is 0 Å². The Hall–Kier alpha value is -0.870. The molecular formula is C8H4BrClN2O. The highest BCUT2D eigenvalue weighted by atomic mass is 79.9. The maximum atomic E-state index is 5.80. The van der Waals surface area contributed by atoms with E-state index in [9.17, 15) is 0 Å². The monoisotopic (exact) mass is 258 g/mol. The van der Waals surface area contributed by atoms with E-state index in [1.807, 2.05) is 12.1 Å². The molecule has 13 heavy (non-hydrogen) atoms. The maximum absolute atomic E-state index is 5.80. The average molecular weight is 259 g/mol. The molecule has 1 heterocycles. The van der Waals surface area contributed by atoms with Crippen LogP contribution in [0.3, 0.4) is 0 Å². The summed E-state index contributed by atoms with van der Waals surface area (Å²) in [7, 11) is 0. The lowest BCUT2D eigenvalue weighted by molar-refractivity contribution is 0.540. The van der Waals surface area contributed by atoms with Gasteiger partial charge in [-0.05, 0) is 18.2 Å². The van der Waals surface area contributed by atoms with E-state index in [1.165, 1.54) is 0 Å². The Morgan fingerprint density at radius 3 is 2.77 bits per heavy atom. The zero-order chi connectivity index (χ0) is 9.26. The molecule has 0 saturated carbocycles. The largest absolute Gasteiger partial charge is 0.411 e. The molecule has 2 rings (SSSR count). The molecule has 2 aromatic rings. The van der Waals surface area contributed by atoms with Crippen molar-refractivity contribution in [2.75, 3.05) is 0 Å². The van der Waals surface area contributed by atoms with E-state index in [1.54, 1.807) is 12.1 Å². The lowest BCUT2D eigenvalue weighted by Gasteiger charge is -1.93. The number of halogens is 2. The van der Waals surface area contributed by atoms with Crippen molar-refractivity contribution in [1.29, 1.82) is 0 Å². The van der Waals surface area contributed by atoms with Crippen LogP contribution in [0.1, 0.15) is 0 Å². The normalized spacial score (nSPS) is 10.3. The van der Waals surface area contributed by atoms with Crippen molar-refractivity contribution in [3.8, 4) is 11.5 Å². The van der Waals surface area contributed by atoms with Gasteiger partial charge in [0.1, 0.15) is 0 Å². The fourth-order valence-corrected chi connectivity index (χ4v) is 1.37. The summed E-state index contributed by atoms with van der Waals surface area (Å²) in [5.74, 6) is 0.453. The predicted octanol–water partition coefficient (Wildman–Crippen LogP) is 3.15. The first kappa shape index (κ1) is 8.72. The molecule has 0 spiro atoms. The van der Waals surface area contributed by atoms with Crippen LogP contribution in [0.25, 0.3) is 11.5 Å². The Morgan fingerprint density at radius 1 is 1.31 bits per heavy atom. The molecule has 0 aliphatic rings. The highest BCUT2D eigenvalue weighted by Crippen LogP contribution is 2.22. The molecule has 0 N–H and O–H groups in total. The van der Waals surface area contributed by atoms with Crippen molar-refractivity contribution in [3.63, 3.8) is 0 Å². The number of aromatic nitrogens is 2. The first-order valence-corrected chi connectivity index (χ1v) is 4.68. The van der Waals surface area contributed by atoms with Crippen LogP contribution >= 0.6 is 27.5 Å². The summed E-state index contributed by atoms with van der Waals surface area (Å²) >= 11 is 8.87. The van der Waals surface area contributed by atoms with Gasteiger partial charge in [0, 0.05) is 26.5 Å². The molecule has 0 unspecified atom stereocenters. The summed E-state index contributed by atoms with van der Waals surface area (Å²) in [5, 5.41) is 8.13. The molecule has 0 aliphatic heterocycles. The van der Waals surface area contributed by atoms with Crippen LogP contribution in [-0.4, -0.2) is 10.2 Å². The van der Waals surface area contributed by atoms with Crippen molar-refractivity contribution in [1.82, 2.24) is 10.2 Å². The van der Waals surface area contributed by atoms with E-state index in [2.05, 4.69) is 26.1 Å². The van der Waals surface area contributed by atoms with Crippen LogP contribution < -0.4 is 0 Å². The van der Waals surface area contributed by atoms with E-state index >= 15 is 0 Å². The lowest BCUT2D eigenvalue weighted by atomic mass is 10.2. The van der Waals surface area contributed by atoms with Gasteiger partial charge in [0.2, 0.25) is 5.89 Å². The Kier molecular flexibility index (Phi) is 2.33. The van der Waals surface area contributed by atoms with Gasteiger partial charge in [0.05, 0.1) is 0 Å². The molecule has 5 heteroatoms. The second kappa shape index (κ2) is 3.47. The van der Waals surface area contributed by atoms with E-state index in [-0.39, 0.29) is 0 Å². The SMILES string of the molecule is Clc1cccc(-c2nnc(Br)o2)c1. The van der Waals surface area contributed by atoms with Crippen molar-refractivity contribution >= 4 is 27.5 Å². The zero-order valence-corrected chi connectivity index (χ0v) is 8.71. The molecule has 0 amide bonds. The van der Waals surface area contributed by atoms with Gasteiger partial charge < -0.3 is 4.42 Å². The minimum atomic E-state index is 0.363. The van der Waals surface area contributed by atoms with E-state index in [0.717, 1.165) is 5.56 Å². The average Bonchev–Trinajstić information content (AvgIpc) is 2.52. The number of hydrogen-bond acceptors (Lipinski definition) is 3. The predicted molar refractivity (Wildman–Crippen MR) is 52.4 cm³/mol. The second-order valence-corrected chi connectivity index (χ2v) is 3.49. The minimum Gasteiger partial charge on any atom is -0.411 e. The third kappa shape index (κ3) is 1.89. The van der Waals surface area contributed by atoms with Crippen LogP contribution in [0, 0.1) is 0 Å². The Morgan fingerprint density at radius 2 is 2.15 bits per heavy atom. The summed E-state index contributed by atoms with van der Waals surface area (Å²) in [6.45, 7) is 0. The van der Waals surface area contributed by atoms with Crippen LogP contribution in [0.5, 0.6) is 0 Å². The Labute approximate surface area is 87.9 Å². The number of hydrogen-bond donors (Lipinski definition) is 0. The van der Waals surface area contributed by atoms with Crippen molar-refractivity contribution in [2.24, 2.45) is 0 Å². The summed E-state index contributed by atoms with van der Waals surface area (Å²) in [4.78, 5) is 0.363. The highest BCUT2D eigenvalue weighted by molar-refractivity contribution is 9.10. The first-order chi connectivity index (χ1) is 6.25. The molecule has 66 valence electrons. The molecule has 0 saturated heterocycles. The van der Waals surface area contributed by atoms with Gasteiger partial charge >= 0.3 is 0 Å². The third-order valence-electron chi connectivity index (χ3n) is 1.47. The van der Waals surface area contributed by atoms with Gasteiger partial charge in [-0.1, -0.05) is 17.7 Å². The molecular weight excluding hydrogens is 255 g/mol. The van der Waals surface area contributed by atoms with Crippen LogP contribution in [-0.2, 0) is 0 Å². The van der Waals surface area contributed by atoms with Gasteiger partial charge in [-0.2, -0.15) is 0 Å². The fraction of sp³-hybridized carbons (Fsp3) is 0. The molecule has 0 aliphatic carbocycles. The Balaban J connectivity index is 2.46. The smallest absolute Gasteiger partial charge is 0.285 e. The molecule has 0 radical (unpaired) electrons. The quantitative estimate of drug-likeness (QED) is 0.790. The standard InChI is InChI=1S/C8H4BrClN2O/c9-8-12-11-7(13-8)5-2-1-3-6(10)4-5/h1-4H. The minimum absolute atomic E-state index is 0.363. The van der Waals surface area contributed by atoms with Gasteiger partial charge in [-0.15, -0.1) is 10.2 Å². The molecule has 0 atom stereocenters. The van der Waals surface area contributed by atoms with Crippen LogP contribution in [0.2, 0.25) is 5.02 Å². The topological polar surface area (TPSA) is 38.9 Å². The number of nitrogens with zero attached hydrogens (tertiary/aromatic N) is 2. The van der Waals surface area contributed by atoms with Gasteiger partial charge in [-0.3, -0.25) is 0 Å². The second-order valence-electron chi connectivity index (χ2n) is 2.37. The van der Waals surface area contributed by atoms with E-state index in [0.29, 0.717) is 15.7 Å². The lowest BCUT2D eigenvalue weighted by Crippen LogP contribution is -1.76. The third-order valence-corrected chi connectivity index (χ3v) is 2.03. The van der Waals surface area contributed by atoms with Crippen molar-refractivity contribution in [3.05, 3.63) is 34.1 Å². The molecule has 0 fully saturated rings. The Bertz CT molecular complexity index is 430. The first-order valence-electron chi connectivity index (χ1n) is 3.50.